The highest BCUT2D eigenvalue weighted by molar-refractivity contribution is 7.14. The van der Waals surface area contributed by atoms with Crippen LogP contribution in [0.2, 0.25) is 0 Å². The number of hydrogen-bond donors (Lipinski definition) is 4. The summed E-state index contributed by atoms with van der Waals surface area (Å²) in [6.45, 7) is 3.69. The third-order valence-corrected chi connectivity index (χ3v) is 5.42. The van der Waals surface area contributed by atoms with Crippen LogP contribution in [0.1, 0.15) is 33.2 Å². The molecule has 1 aromatic heterocycles. The number of carbonyl (C=O) groups is 2. The third kappa shape index (κ3) is 4.30. The minimum atomic E-state index is -0.442. The summed E-state index contributed by atoms with van der Waals surface area (Å²) in [4.78, 5) is 24.9. The normalized spacial score (nSPS) is 19.3. The maximum atomic E-state index is 12.4. The van der Waals surface area contributed by atoms with Gasteiger partial charge in [0.1, 0.15) is 5.00 Å². The van der Waals surface area contributed by atoms with E-state index in [9.17, 15) is 14.7 Å². The van der Waals surface area contributed by atoms with Gasteiger partial charge in [-0.05, 0) is 35.6 Å². The Balaban J connectivity index is 1.61. The van der Waals surface area contributed by atoms with Gasteiger partial charge in [-0.15, -0.1) is 11.3 Å². The molecule has 6 nitrogen and oxygen atoms in total. The SMILES string of the molecule is CCc1ccc(C(=O)Nc2sccc2C(=O)NCC2CNCC2O)cc1. The Labute approximate surface area is 156 Å². The largest absolute Gasteiger partial charge is 0.391 e. The van der Waals surface area contributed by atoms with Gasteiger partial charge in [0.05, 0.1) is 11.7 Å². The zero-order chi connectivity index (χ0) is 18.5. The third-order valence-electron chi connectivity index (χ3n) is 4.59. The van der Waals surface area contributed by atoms with E-state index in [2.05, 4.69) is 22.9 Å². The van der Waals surface area contributed by atoms with Crippen molar-refractivity contribution in [2.24, 2.45) is 5.92 Å². The van der Waals surface area contributed by atoms with E-state index in [1.807, 2.05) is 12.1 Å². The van der Waals surface area contributed by atoms with E-state index in [1.165, 1.54) is 16.9 Å². The number of hydrogen-bond acceptors (Lipinski definition) is 5. The van der Waals surface area contributed by atoms with E-state index in [0.29, 0.717) is 35.8 Å². The molecule has 1 aliphatic rings. The topological polar surface area (TPSA) is 90.5 Å². The lowest BCUT2D eigenvalue weighted by atomic mass is 10.1. The van der Waals surface area contributed by atoms with Crippen molar-refractivity contribution >= 4 is 28.2 Å². The summed E-state index contributed by atoms with van der Waals surface area (Å²) in [7, 11) is 0. The standard InChI is InChI=1S/C19H23N3O3S/c1-2-12-3-5-13(6-4-12)17(24)22-19-15(7-8-26-19)18(25)21-10-14-9-20-11-16(14)23/h3-8,14,16,20,23H,2,9-11H2,1H3,(H,21,25)(H,22,24). The lowest BCUT2D eigenvalue weighted by molar-refractivity contribution is 0.0928. The first kappa shape index (κ1) is 18.6. The lowest BCUT2D eigenvalue weighted by Crippen LogP contribution is -2.34. The van der Waals surface area contributed by atoms with Gasteiger partial charge in [-0.3, -0.25) is 9.59 Å². The van der Waals surface area contributed by atoms with E-state index in [0.717, 1.165) is 6.42 Å². The Morgan fingerprint density at radius 2 is 1.96 bits per heavy atom. The number of aryl methyl sites for hydroxylation is 1. The first-order chi connectivity index (χ1) is 12.6. The van der Waals surface area contributed by atoms with Crippen molar-refractivity contribution in [1.82, 2.24) is 10.6 Å². The average molecular weight is 373 g/mol. The summed E-state index contributed by atoms with van der Waals surface area (Å²) < 4.78 is 0. The molecule has 2 heterocycles. The fourth-order valence-corrected chi connectivity index (χ4v) is 3.68. The van der Waals surface area contributed by atoms with Gasteiger partial charge in [0.25, 0.3) is 11.8 Å². The fraction of sp³-hybridized carbons (Fsp3) is 0.368. The first-order valence-electron chi connectivity index (χ1n) is 8.73. The van der Waals surface area contributed by atoms with Crippen LogP contribution in [0.5, 0.6) is 0 Å². The van der Waals surface area contributed by atoms with E-state index in [4.69, 9.17) is 0 Å². The number of β-amino-alcohol motifs (C(OH)–C–C–N with tert-alkyl or cyclic N) is 1. The zero-order valence-corrected chi connectivity index (χ0v) is 15.4. The second-order valence-electron chi connectivity index (χ2n) is 6.36. The monoisotopic (exact) mass is 373 g/mol. The van der Waals surface area contributed by atoms with Crippen LogP contribution in [-0.2, 0) is 6.42 Å². The molecule has 2 amide bonds. The number of benzene rings is 1. The average Bonchev–Trinajstić information content (AvgIpc) is 3.28. The van der Waals surface area contributed by atoms with Crippen molar-refractivity contribution in [3.63, 3.8) is 0 Å². The molecule has 2 aromatic rings. The Hall–Kier alpha value is -2.22. The second-order valence-corrected chi connectivity index (χ2v) is 7.28. The molecule has 1 saturated heterocycles. The molecule has 138 valence electrons. The number of thiophene rings is 1. The molecule has 1 aromatic carbocycles. The number of aliphatic hydroxyl groups is 1. The number of nitrogens with one attached hydrogen (secondary N) is 3. The molecular formula is C19H23N3O3S. The highest BCUT2D eigenvalue weighted by Gasteiger charge is 2.25. The van der Waals surface area contributed by atoms with Crippen LogP contribution in [0.25, 0.3) is 0 Å². The van der Waals surface area contributed by atoms with E-state index in [-0.39, 0.29) is 17.7 Å². The van der Waals surface area contributed by atoms with Gasteiger partial charge in [0.15, 0.2) is 0 Å². The quantitative estimate of drug-likeness (QED) is 0.622. The van der Waals surface area contributed by atoms with Crippen molar-refractivity contribution < 1.29 is 14.7 Å². The smallest absolute Gasteiger partial charge is 0.256 e. The fourth-order valence-electron chi connectivity index (χ4n) is 2.90. The predicted octanol–water partition coefficient (Wildman–Crippen LogP) is 1.87. The molecular weight excluding hydrogens is 350 g/mol. The molecule has 2 unspecified atom stereocenters. The Kier molecular flexibility index (Phi) is 6.03. The molecule has 26 heavy (non-hydrogen) atoms. The van der Waals surface area contributed by atoms with Crippen molar-refractivity contribution in [2.75, 3.05) is 25.0 Å². The van der Waals surface area contributed by atoms with Gasteiger partial charge in [0, 0.05) is 31.1 Å². The summed E-state index contributed by atoms with van der Waals surface area (Å²) in [5.41, 5.74) is 2.16. The predicted molar refractivity (Wildman–Crippen MR) is 103 cm³/mol. The first-order valence-corrected chi connectivity index (χ1v) is 9.61. The van der Waals surface area contributed by atoms with Crippen LogP contribution in [0.4, 0.5) is 5.00 Å². The molecule has 7 heteroatoms. The molecule has 0 bridgehead atoms. The number of carbonyl (C=O) groups excluding carboxylic acids is 2. The Morgan fingerprint density at radius 3 is 2.62 bits per heavy atom. The van der Waals surface area contributed by atoms with Crippen LogP contribution in [0.15, 0.2) is 35.7 Å². The van der Waals surface area contributed by atoms with Gasteiger partial charge in [-0.2, -0.15) is 0 Å². The van der Waals surface area contributed by atoms with E-state index in [1.54, 1.807) is 23.6 Å². The van der Waals surface area contributed by atoms with Crippen molar-refractivity contribution in [2.45, 2.75) is 19.4 Å². The maximum absolute atomic E-state index is 12.4. The minimum Gasteiger partial charge on any atom is -0.391 e. The maximum Gasteiger partial charge on any atom is 0.256 e. The molecule has 0 spiro atoms. The lowest BCUT2D eigenvalue weighted by Gasteiger charge is -2.14. The molecule has 0 radical (unpaired) electrons. The molecule has 0 saturated carbocycles. The molecule has 1 aliphatic heterocycles. The van der Waals surface area contributed by atoms with E-state index < -0.39 is 6.10 Å². The van der Waals surface area contributed by atoms with Crippen LogP contribution in [0.3, 0.4) is 0 Å². The number of anilines is 1. The molecule has 1 fully saturated rings. The van der Waals surface area contributed by atoms with Crippen LogP contribution in [-0.4, -0.2) is 42.7 Å². The number of rotatable bonds is 6. The summed E-state index contributed by atoms with van der Waals surface area (Å²) in [5.74, 6) is -0.478. The van der Waals surface area contributed by atoms with E-state index >= 15 is 0 Å². The molecule has 2 atom stereocenters. The van der Waals surface area contributed by atoms with Gasteiger partial charge >= 0.3 is 0 Å². The Bertz CT molecular complexity index is 773. The van der Waals surface area contributed by atoms with Gasteiger partial charge in [0.2, 0.25) is 0 Å². The summed E-state index contributed by atoms with van der Waals surface area (Å²) in [6.07, 6.45) is 0.477. The van der Waals surface area contributed by atoms with Crippen molar-refractivity contribution in [1.29, 1.82) is 0 Å². The van der Waals surface area contributed by atoms with Crippen LogP contribution >= 0.6 is 11.3 Å². The summed E-state index contributed by atoms with van der Waals surface area (Å²) in [5, 5.41) is 20.8. The summed E-state index contributed by atoms with van der Waals surface area (Å²) in [6, 6.07) is 9.13. The Morgan fingerprint density at radius 1 is 1.19 bits per heavy atom. The number of amides is 2. The number of aliphatic hydroxyl groups excluding tert-OH is 1. The van der Waals surface area contributed by atoms with Gasteiger partial charge in [-0.1, -0.05) is 19.1 Å². The molecule has 3 rings (SSSR count). The zero-order valence-electron chi connectivity index (χ0n) is 14.6. The highest BCUT2D eigenvalue weighted by Crippen LogP contribution is 2.24. The van der Waals surface area contributed by atoms with Crippen molar-refractivity contribution in [3.8, 4) is 0 Å². The molecule has 4 N–H and O–H groups in total. The highest BCUT2D eigenvalue weighted by atomic mass is 32.1. The second kappa shape index (κ2) is 8.44. The van der Waals surface area contributed by atoms with Crippen LogP contribution < -0.4 is 16.0 Å². The summed E-state index contributed by atoms with van der Waals surface area (Å²) >= 11 is 1.31. The van der Waals surface area contributed by atoms with Crippen molar-refractivity contribution in [3.05, 3.63) is 52.4 Å². The van der Waals surface area contributed by atoms with Gasteiger partial charge < -0.3 is 21.1 Å². The van der Waals surface area contributed by atoms with Gasteiger partial charge in [-0.25, -0.2) is 0 Å². The van der Waals surface area contributed by atoms with Crippen LogP contribution in [0, 0.1) is 5.92 Å². The molecule has 0 aliphatic carbocycles. The minimum absolute atomic E-state index is 0.00714.